The molecule has 0 aliphatic carbocycles. The van der Waals surface area contributed by atoms with Crippen LogP contribution in [0.5, 0.6) is 0 Å². The van der Waals surface area contributed by atoms with Crippen molar-refractivity contribution in [1.29, 1.82) is 5.26 Å². The fourth-order valence-electron chi connectivity index (χ4n) is 6.13. The van der Waals surface area contributed by atoms with Gasteiger partial charge in [-0.3, -0.25) is 38.4 Å². The highest BCUT2D eigenvalue weighted by Gasteiger charge is 2.36. The molecule has 1 atom stereocenters. The van der Waals surface area contributed by atoms with E-state index in [1.165, 1.54) is 32.1 Å². The molecule has 2 aliphatic heterocycles. The average Bonchev–Trinajstić information content (AvgIpc) is 3.61. The highest BCUT2D eigenvalue weighted by atomic mass is 19.4. The summed E-state index contributed by atoms with van der Waals surface area (Å²) in [6, 6.07) is 9.33. The minimum Gasteiger partial charge on any atom is -0.324 e. The Bertz CT molecular complexity index is 2170. The predicted molar refractivity (Wildman–Crippen MR) is 171 cm³/mol. The summed E-state index contributed by atoms with van der Waals surface area (Å²) >= 11 is 0. The summed E-state index contributed by atoms with van der Waals surface area (Å²) < 4.78 is 44.5. The van der Waals surface area contributed by atoms with E-state index in [0.29, 0.717) is 30.7 Å². The number of nitrogens with zero attached hydrogens (tertiary/aromatic N) is 6. The minimum atomic E-state index is -4.76. The Kier molecular flexibility index (Phi) is 8.42. The lowest BCUT2D eigenvalue weighted by Crippen LogP contribution is -2.45. The number of imide groups is 1. The van der Waals surface area contributed by atoms with E-state index in [1.54, 1.807) is 33.2 Å². The Labute approximate surface area is 278 Å². The normalized spacial score (nSPS) is 17.2. The van der Waals surface area contributed by atoms with Gasteiger partial charge in [0.2, 0.25) is 11.8 Å². The third kappa shape index (κ3) is 6.33. The number of rotatable bonds is 6. The number of carbonyl (C=O) groups excluding carboxylic acids is 3. The number of carbonyl (C=O) groups is 3. The molecule has 2 saturated heterocycles. The second-order valence-corrected chi connectivity index (χ2v) is 12.7. The van der Waals surface area contributed by atoms with Crippen molar-refractivity contribution in [2.75, 3.05) is 18.4 Å². The molecule has 2 aromatic heterocycles. The van der Waals surface area contributed by atoms with Gasteiger partial charge < -0.3 is 5.32 Å². The van der Waals surface area contributed by atoms with E-state index in [0.717, 1.165) is 23.2 Å². The molecule has 2 N–H and O–H groups in total. The summed E-state index contributed by atoms with van der Waals surface area (Å²) in [5.74, 6) is 4.93. The van der Waals surface area contributed by atoms with Crippen LogP contribution in [0.1, 0.15) is 55.0 Å². The molecule has 3 amide bonds. The number of hydrogen-bond acceptors (Lipinski definition) is 7. The fourth-order valence-corrected chi connectivity index (χ4v) is 6.13. The van der Waals surface area contributed by atoms with E-state index in [-0.39, 0.29) is 36.0 Å². The summed E-state index contributed by atoms with van der Waals surface area (Å²) in [6.07, 6.45) is -1.23. The number of likely N-dealkylation sites (tertiary alicyclic amines) is 1. The number of imidazole rings is 1. The summed E-state index contributed by atoms with van der Waals surface area (Å²) in [5, 5.41) is 18.1. The molecule has 0 bridgehead atoms. The quantitative estimate of drug-likeness (QED) is 0.236. The first kappa shape index (κ1) is 33.2. The summed E-state index contributed by atoms with van der Waals surface area (Å²) in [6.45, 7) is 5.06. The van der Waals surface area contributed by atoms with Crippen molar-refractivity contribution in [3.8, 4) is 17.9 Å². The van der Waals surface area contributed by atoms with Gasteiger partial charge in [-0.15, -0.1) is 0 Å². The number of alkyl halides is 3. The first-order chi connectivity index (χ1) is 23.2. The maximum Gasteiger partial charge on any atom is 0.417 e. The van der Waals surface area contributed by atoms with Gasteiger partial charge in [-0.2, -0.15) is 23.5 Å². The molecule has 49 heavy (non-hydrogen) atoms. The Morgan fingerprint density at radius 2 is 1.90 bits per heavy atom. The zero-order valence-electron chi connectivity index (χ0n) is 26.8. The topological polar surface area (TPSA) is 147 Å². The highest BCUT2D eigenvalue weighted by molar-refractivity contribution is 6.00. The molecule has 2 aliphatic rings. The number of anilines is 1. The Balaban J connectivity index is 1.09. The van der Waals surface area contributed by atoms with Crippen molar-refractivity contribution < 1.29 is 27.6 Å². The number of halogens is 3. The fraction of sp³-hybridized carbons (Fsp3) is 0.353. The number of aryl methyl sites for hydroxylation is 1. The largest absolute Gasteiger partial charge is 0.417 e. The number of fused-ring (bicyclic) bond motifs is 1. The Morgan fingerprint density at radius 1 is 1.14 bits per heavy atom. The van der Waals surface area contributed by atoms with Crippen LogP contribution in [0.4, 0.5) is 18.9 Å². The van der Waals surface area contributed by atoms with Gasteiger partial charge in [-0.25, -0.2) is 4.79 Å². The molecule has 252 valence electrons. The van der Waals surface area contributed by atoms with Crippen LogP contribution in [0.3, 0.4) is 0 Å². The second kappa shape index (κ2) is 12.4. The SMILES string of the molecule is Cn1c(=O)n(C2CCC(=O)NC2=O)c2cccc(CN3CC(C#Cc4cnn(C(C)(C)C(=O)Nc5ccc(C#N)c(C(F)(F)F)c5)c4)C3)c21. The molecular weight excluding hydrogens is 641 g/mol. The number of hydrogen-bond donors (Lipinski definition) is 2. The zero-order valence-corrected chi connectivity index (χ0v) is 26.8. The van der Waals surface area contributed by atoms with Gasteiger partial charge in [0.1, 0.15) is 11.6 Å². The zero-order chi connectivity index (χ0) is 35.2. The molecule has 4 heterocycles. The van der Waals surface area contributed by atoms with Crippen LogP contribution in [0.2, 0.25) is 0 Å². The molecule has 0 saturated carbocycles. The Morgan fingerprint density at radius 3 is 2.59 bits per heavy atom. The van der Waals surface area contributed by atoms with E-state index in [4.69, 9.17) is 5.26 Å². The van der Waals surface area contributed by atoms with Gasteiger partial charge >= 0.3 is 11.9 Å². The third-order valence-corrected chi connectivity index (χ3v) is 8.89. The number of amides is 3. The molecule has 12 nitrogen and oxygen atoms in total. The number of piperidine rings is 1. The molecule has 0 radical (unpaired) electrons. The number of para-hydroxylation sites is 1. The molecule has 0 spiro atoms. The van der Waals surface area contributed by atoms with Crippen molar-refractivity contribution in [3.63, 3.8) is 0 Å². The van der Waals surface area contributed by atoms with E-state index >= 15 is 0 Å². The average molecular weight is 673 g/mol. The third-order valence-electron chi connectivity index (χ3n) is 8.89. The second-order valence-electron chi connectivity index (χ2n) is 12.7. The van der Waals surface area contributed by atoms with Crippen LogP contribution in [-0.2, 0) is 39.7 Å². The lowest BCUT2D eigenvalue weighted by atomic mass is 9.99. The molecule has 6 rings (SSSR count). The molecule has 15 heteroatoms. The molecule has 2 fully saturated rings. The van der Waals surface area contributed by atoms with Crippen LogP contribution in [0, 0.1) is 29.1 Å². The first-order valence-electron chi connectivity index (χ1n) is 15.4. The Hall–Kier alpha value is -5.67. The maximum absolute atomic E-state index is 13.4. The van der Waals surface area contributed by atoms with E-state index < -0.39 is 40.7 Å². The molecule has 2 aromatic carbocycles. The smallest absolute Gasteiger partial charge is 0.324 e. The summed E-state index contributed by atoms with van der Waals surface area (Å²) in [4.78, 5) is 52.7. The highest BCUT2D eigenvalue weighted by Crippen LogP contribution is 2.34. The van der Waals surface area contributed by atoms with E-state index in [2.05, 4.69) is 32.5 Å². The monoisotopic (exact) mass is 672 g/mol. The maximum atomic E-state index is 13.4. The predicted octanol–water partition coefficient (Wildman–Crippen LogP) is 3.26. The van der Waals surface area contributed by atoms with Gasteiger partial charge in [0.05, 0.1) is 40.0 Å². The van der Waals surface area contributed by atoms with Gasteiger partial charge in [-0.05, 0) is 50.1 Å². The van der Waals surface area contributed by atoms with Crippen LogP contribution >= 0.6 is 0 Å². The number of nitrogens with one attached hydrogen (secondary N) is 2. The number of aromatic nitrogens is 4. The van der Waals surface area contributed by atoms with Crippen molar-refractivity contribution in [1.82, 2.24) is 29.1 Å². The lowest BCUT2D eigenvalue weighted by molar-refractivity contribution is -0.138. The van der Waals surface area contributed by atoms with Crippen molar-refractivity contribution in [3.05, 3.63) is 81.5 Å². The first-order valence-corrected chi connectivity index (χ1v) is 15.4. The van der Waals surface area contributed by atoms with Crippen molar-refractivity contribution >= 4 is 34.4 Å². The van der Waals surface area contributed by atoms with E-state index in [9.17, 15) is 32.3 Å². The number of nitriles is 1. The lowest BCUT2D eigenvalue weighted by Gasteiger charge is -2.36. The summed E-state index contributed by atoms with van der Waals surface area (Å²) in [5.41, 5.74) is -0.536. The van der Waals surface area contributed by atoms with Crippen molar-refractivity contribution in [2.24, 2.45) is 13.0 Å². The standard InChI is InChI=1S/C34H31F3N8O4/c1-33(2,31(48)40-24-10-9-22(14-38)25(13-24)34(35,36)37)44-18-20(15-39-44)7-8-21-16-43(17-21)19-23-5-4-6-26-29(23)42(3)32(49)45(26)27-11-12-28(46)41-30(27)47/h4-6,9-10,13,15,18,21,27H,11-12,16-17,19H2,1-3H3,(H,40,48)(H,41,46,47). The van der Waals surface area contributed by atoms with Gasteiger partial charge in [0, 0.05) is 50.9 Å². The van der Waals surface area contributed by atoms with Crippen LogP contribution in [-0.4, -0.2) is 54.6 Å². The summed E-state index contributed by atoms with van der Waals surface area (Å²) in [7, 11) is 1.67. The van der Waals surface area contributed by atoms with Crippen molar-refractivity contribution in [2.45, 2.75) is 51.0 Å². The number of benzene rings is 2. The van der Waals surface area contributed by atoms with Crippen LogP contribution < -0.4 is 16.3 Å². The molecule has 1 unspecified atom stereocenters. The van der Waals surface area contributed by atoms with E-state index in [1.807, 2.05) is 12.1 Å². The van der Waals surface area contributed by atoms with Crippen LogP contribution in [0.15, 0.2) is 53.6 Å². The molecule has 4 aromatic rings. The molecular formula is C34H31F3N8O4. The van der Waals surface area contributed by atoms with Gasteiger partial charge in [0.15, 0.2) is 0 Å². The van der Waals surface area contributed by atoms with Gasteiger partial charge in [0.25, 0.3) is 5.91 Å². The van der Waals surface area contributed by atoms with Crippen LogP contribution in [0.25, 0.3) is 11.0 Å². The van der Waals surface area contributed by atoms with Gasteiger partial charge in [-0.1, -0.05) is 24.0 Å². The minimum absolute atomic E-state index is 0.0648.